The molecule has 0 bridgehead atoms. The summed E-state index contributed by atoms with van der Waals surface area (Å²) in [5, 5.41) is 11.1. The molecule has 0 atom stereocenters. The van der Waals surface area contributed by atoms with Crippen LogP contribution in [0.25, 0.3) is 0 Å². The van der Waals surface area contributed by atoms with Crippen LogP contribution in [0.1, 0.15) is 6.92 Å². The predicted octanol–water partition coefficient (Wildman–Crippen LogP) is 0.279. The van der Waals surface area contributed by atoms with Crippen molar-refractivity contribution < 1.29 is 0 Å². The summed E-state index contributed by atoms with van der Waals surface area (Å²) in [4.78, 5) is 0. The van der Waals surface area contributed by atoms with Crippen molar-refractivity contribution in [1.29, 1.82) is 0 Å². The molecule has 0 unspecified atom stereocenters. The fraction of sp³-hybridized carbons (Fsp3) is 0.600. The molecule has 0 aliphatic carbocycles. The highest BCUT2D eigenvalue weighted by Crippen LogP contribution is 1.93. The van der Waals surface area contributed by atoms with E-state index in [4.69, 9.17) is 5.73 Å². The first-order chi connectivity index (χ1) is 3.72. The van der Waals surface area contributed by atoms with E-state index in [2.05, 4.69) is 0 Å². The van der Waals surface area contributed by atoms with Crippen molar-refractivity contribution in [2.45, 2.75) is 6.92 Å². The Bertz CT molecular complexity index is 88.4. The highest BCUT2D eigenvalue weighted by molar-refractivity contribution is 4.99. The fourth-order valence-electron chi connectivity index (χ4n) is 0.428. The summed E-state index contributed by atoms with van der Waals surface area (Å²) in [6.07, 6.45) is 1.70. The summed E-state index contributed by atoms with van der Waals surface area (Å²) in [5.41, 5.74) is 5.79. The molecule has 8 heavy (non-hydrogen) atoms. The van der Waals surface area contributed by atoms with Crippen LogP contribution < -0.4 is 5.73 Å². The van der Waals surface area contributed by atoms with Crippen molar-refractivity contribution in [1.82, 2.24) is 5.06 Å². The van der Waals surface area contributed by atoms with E-state index in [0.717, 1.165) is 5.06 Å². The summed E-state index contributed by atoms with van der Waals surface area (Å²) >= 11 is 0. The van der Waals surface area contributed by atoms with Gasteiger partial charge in [0.1, 0.15) is 0 Å². The van der Waals surface area contributed by atoms with Crippen LogP contribution in [0.15, 0.2) is 11.8 Å². The van der Waals surface area contributed by atoms with E-state index in [1.54, 1.807) is 13.0 Å². The number of likely N-dealkylation sites (N-methyl/N-ethyl adjacent to an activating group) is 1. The lowest BCUT2D eigenvalue weighted by Crippen LogP contribution is -2.16. The van der Waals surface area contributed by atoms with Crippen LogP contribution in [-0.2, 0) is 0 Å². The summed E-state index contributed by atoms with van der Waals surface area (Å²) < 4.78 is 0. The van der Waals surface area contributed by atoms with Gasteiger partial charge >= 0.3 is 0 Å². The second-order valence-corrected chi connectivity index (χ2v) is 1.48. The van der Waals surface area contributed by atoms with Crippen molar-refractivity contribution in [3.8, 4) is 0 Å². The van der Waals surface area contributed by atoms with Gasteiger partial charge in [0.05, 0.1) is 0 Å². The molecule has 0 rings (SSSR count). The van der Waals surface area contributed by atoms with Gasteiger partial charge in [0, 0.05) is 12.2 Å². The maximum absolute atomic E-state index is 10.4. The minimum atomic E-state index is 0.316. The van der Waals surface area contributed by atoms with Gasteiger partial charge in [-0.15, -0.1) is 0 Å². The molecule has 3 nitrogen and oxygen atoms in total. The average molecular weight is 115 g/mol. The first-order valence-corrected chi connectivity index (χ1v) is 2.48. The molecule has 0 heterocycles. The number of rotatable bonds is 2. The fourth-order valence-corrected chi connectivity index (χ4v) is 0.428. The Hall–Kier alpha value is -0.540. The lowest BCUT2D eigenvalue weighted by molar-refractivity contribution is 0.559. The maximum atomic E-state index is 10.4. The Labute approximate surface area is 49.4 Å². The first-order valence-electron chi connectivity index (χ1n) is 2.48. The average Bonchev–Trinajstić information content (AvgIpc) is 1.69. The van der Waals surface area contributed by atoms with Crippen LogP contribution in [0, 0.1) is 5.21 Å². The Kier molecular flexibility index (Phi) is 3.23. The molecule has 0 aliphatic heterocycles. The zero-order chi connectivity index (χ0) is 6.57. The third-order valence-electron chi connectivity index (χ3n) is 0.947. The zero-order valence-electron chi connectivity index (χ0n) is 5.22. The highest BCUT2D eigenvalue weighted by Gasteiger charge is 1.85. The quantitative estimate of drug-likeness (QED) is 0.526. The number of nitrogens with two attached hydrogens (primary N) is 1. The Morgan fingerprint density at radius 2 is 2.38 bits per heavy atom. The Balaban J connectivity index is 3.72. The normalized spacial score (nSPS) is 11.8. The number of hydrogen-bond donors (Lipinski definition) is 1. The van der Waals surface area contributed by atoms with Crippen molar-refractivity contribution in [3.05, 3.63) is 17.0 Å². The molecule has 3 heteroatoms. The number of nitrogens with zero attached hydrogens (tertiary/aromatic N) is 1. The van der Waals surface area contributed by atoms with Crippen LogP contribution in [0.2, 0.25) is 0 Å². The van der Waals surface area contributed by atoms with Gasteiger partial charge in [-0.1, -0.05) is 6.08 Å². The van der Waals surface area contributed by atoms with Gasteiger partial charge in [0.15, 0.2) is 0 Å². The molecule has 2 N–H and O–H groups in total. The summed E-state index contributed by atoms with van der Waals surface area (Å²) in [6.45, 7) is 2.10. The van der Waals surface area contributed by atoms with Crippen LogP contribution in [0.4, 0.5) is 0 Å². The minimum absolute atomic E-state index is 0.316. The third-order valence-corrected chi connectivity index (χ3v) is 0.947. The van der Waals surface area contributed by atoms with Crippen molar-refractivity contribution in [3.63, 3.8) is 0 Å². The van der Waals surface area contributed by atoms with Gasteiger partial charge in [-0.3, -0.25) is 0 Å². The highest BCUT2D eigenvalue weighted by atomic mass is 16.5. The molecular formula is C5H11N2O-. The monoisotopic (exact) mass is 115 g/mol. The predicted molar refractivity (Wildman–Crippen MR) is 33.9 cm³/mol. The van der Waals surface area contributed by atoms with E-state index in [1.807, 2.05) is 0 Å². The molecule has 0 saturated carbocycles. The van der Waals surface area contributed by atoms with Gasteiger partial charge in [-0.2, -0.15) is 0 Å². The lowest BCUT2D eigenvalue weighted by Gasteiger charge is -2.26. The van der Waals surface area contributed by atoms with E-state index in [-0.39, 0.29) is 0 Å². The van der Waals surface area contributed by atoms with E-state index >= 15 is 0 Å². The molecule has 0 fully saturated rings. The minimum Gasteiger partial charge on any atom is -0.759 e. The van der Waals surface area contributed by atoms with Crippen molar-refractivity contribution in [2.24, 2.45) is 5.73 Å². The van der Waals surface area contributed by atoms with Gasteiger partial charge in [0.2, 0.25) is 0 Å². The lowest BCUT2D eigenvalue weighted by atomic mass is 10.4. The second-order valence-electron chi connectivity index (χ2n) is 1.48. The van der Waals surface area contributed by atoms with E-state index in [1.165, 1.54) is 7.05 Å². The molecule has 0 amide bonds. The molecule has 0 aromatic heterocycles. The summed E-state index contributed by atoms with van der Waals surface area (Å²) in [6, 6.07) is 0. The molecule has 0 aromatic rings. The van der Waals surface area contributed by atoms with Gasteiger partial charge in [0.25, 0.3) is 0 Å². The van der Waals surface area contributed by atoms with E-state index in [0.29, 0.717) is 12.2 Å². The van der Waals surface area contributed by atoms with Gasteiger partial charge in [-0.05, 0) is 14.0 Å². The third kappa shape index (κ3) is 1.95. The summed E-state index contributed by atoms with van der Waals surface area (Å²) in [7, 11) is 1.43. The molecule has 48 valence electrons. The van der Waals surface area contributed by atoms with Crippen molar-refractivity contribution in [2.75, 3.05) is 13.6 Å². The topological polar surface area (TPSA) is 52.3 Å². The molecule has 0 spiro atoms. The first kappa shape index (κ1) is 7.46. The summed E-state index contributed by atoms with van der Waals surface area (Å²) in [5.74, 6) is 0. The molecule has 0 aromatic carbocycles. The number of hydrogen-bond acceptors (Lipinski definition) is 3. The van der Waals surface area contributed by atoms with Gasteiger partial charge < -0.3 is 16.0 Å². The SMILES string of the molecule is C/C=C(\CN)N(C)[O-]. The molecule has 0 saturated heterocycles. The van der Waals surface area contributed by atoms with E-state index < -0.39 is 0 Å². The van der Waals surface area contributed by atoms with Gasteiger partial charge in [-0.25, -0.2) is 0 Å². The van der Waals surface area contributed by atoms with Crippen LogP contribution in [0.5, 0.6) is 0 Å². The second kappa shape index (κ2) is 3.46. The Morgan fingerprint density at radius 3 is 2.38 bits per heavy atom. The standard InChI is InChI=1S/C5H11N2O/c1-3-5(4-6)7(2)8/h3H,4,6H2,1-2H3/q-1/b5-3+. The molecule has 0 aliphatic rings. The number of allylic oxidation sites excluding steroid dienone is 1. The van der Waals surface area contributed by atoms with Crippen LogP contribution >= 0.6 is 0 Å². The smallest absolute Gasteiger partial charge is 0.0319 e. The number of hydroxylamine groups is 2. The zero-order valence-corrected chi connectivity index (χ0v) is 5.22. The molecular weight excluding hydrogens is 104 g/mol. The van der Waals surface area contributed by atoms with E-state index in [9.17, 15) is 5.21 Å². The van der Waals surface area contributed by atoms with Crippen molar-refractivity contribution >= 4 is 0 Å². The largest absolute Gasteiger partial charge is 0.759 e. The van der Waals surface area contributed by atoms with Crippen LogP contribution in [-0.4, -0.2) is 18.7 Å². The Morgan fingerprint density at radius 1 is 1.88 bits per heavy atom. The molecule has 0 radical (unpaired) electrons. The van der Waals surface area contributed by atoms with Crippen LogP contribution in [0.3, 0.4) is 0 Å². The maximum Gasteiger partial charge on any atom is 0.0319 e.